The number of allylic oxidation sites excluding steroid dienone is 2. The minimum absolute atomic E-state index is 0.598. The summed E-state index contributed by atoms with van der Waals surface area (Å²) in [4.78, 5) is 10.1. The van der Waals surface area contributed by atoms with Crippen molar-refractivity contribution in [2.45, 2.75) is 20.3 Å². The second-order valence-corrected chi connectivity index (χ2v) is 1.92. The van der Waals surface area contributed by atoms with Gasteiger partial charge in [0.1, 0.15) is 0 Å². The third-order valence-electron chi connectivity index (χ3n) is 0.646. The molecule has 0 saturated heterocycles. The van der Waals surface area contributed by atoms with Gasteiger partial charge in [0.15, 0.2) is 0 Å². The molecule has 0 atom stereocenters. The SMILES string of the molecule is CC(C)=CC(=O)C(F)F. The molecule has 0 fully saturated rings. The molecule has 0 aliphatic carbocycles. The minimum Gasteiger partial charge on any atom is -0.288 e. The number of carbonyl (C=O) groups excluding carboxylic acids is 1. The van der Waals surface area contributed by atoms with Crippen LogP contribution in [0, 0.1) is 0 Å². The molecule has 0 spiro atoms. The molecule has 0 unspecified atom stereocenters. The van der Waals surface area contributed by atoms with Crippen molar-refractivity contribution in [2.24, 2.45) is 0 Å². The summed E-state index contributed by atoms with van der Waals surface area (Å²) in [5, 5.41) is 0. The molecule has 0 N–H and O–H groups in total. The first-order valence-electron chi connectivity index (χ1n) is 2.51. The highest BCUT2D eigenvalue weighted by molar-refractivity contribution is 5.92. The van der Waals surface area contributed by atoms with E-state index in [1.54, 1.807) is 13.8 Å². The Morgan fingerprint density at radius 3 is 2.00 bits per heavy atom. The van der Waals surface area contributed by atoms with Gasteiger partial charge in [-0.3, -0.25) is 4.79 Å². The van der Waals surface area contributed by atoms with Crippen LogP contribution in [0.2, 0.25) is 0 Å². The lowest BCUT2D eigenvalue weighted by atomic mass is 10.2. The predicted molar refractivity (Wildman–Crippen MR) is 30.4 cm³/mol. The van der Waals surface area contributed by atoms with Crippen molar-refractivity contribution in [1.29, 1.82) is 0 Å². The van der Waals surface area contributed by atoms with Gasteiger partial charge in [-0.05, 0) is 19.9 Å². The smallest absolute Gasteiger partial charge is 0.288 e. The van der Waals surface area contributed by atoms with Gasteiger partial charge in [0.2, 0.25) is 5.78 Å². The van der Waals surface area contributed by atoms with Crippen molar-refractivity contribution in [3.8, 4) is 0 Å². The van der Waals surface area contributed by atoms with E-state index < -0.39 is 12.2 Å². The summed E-state index contributed by atoms with van der Waals surface area (Å²) in [6, 6.07) is 0. The maximum absolute atomic E-state index is 11.4. The molecule has 0 aliphatic rings. The predicted octanol–water partition coefficient (Wildman–Crippen LogP) is 1.79. The highest BCUT2D eigenvalue weighted by atomic mass is 19.3. The molecular formula is C6H8F2O. The van der Waals surface area contributed by atoms with Crippen LogP contribution >= 0.6 is 0 Å². The molecule has 0 aromatic rings. The van der Waals surface area contributed by atoms with Crippen LogP contribution in [0.5, 0.6) is 0 Å². The number of carbonyl (C=O) groups is 1. The Labute approximate surface area is 52.4 Å². The quantitative estimate of drug-likeness (QED) is 0.526. The van der Waals surface area contributed by atoms with Crippen LogP contribution in [0.15, 0.2) is 11.6 Å². The Hall–Kier alpha value is -0.730. The highest BCUT2D eigenvalue weighted by Gasteiger charge is 2.10. The van der Waals surface area contributed by atoms with E-state index in [4.69, 9.17) is 0 Å². The lowest BCUT2D eigenvalue weighted by Crippen LogP contribution is -2.05. The van der Waals surface area contributed by atoms with Crippen LogP contribution in [-0.2, 0) is 4.79 Å². The molecule has 3 heteroatoms. The van der Waals surface area contributed by atoms with Crippen molar-refractivity contribution in [3.05, 3.63) is 11.6 Å². The zero-order valence-electron chi connectivity index (χ0n) is 5.32. The monoisotopic (exact) mass is 134 g/mol. The molecule has 0 saturated carbocycles. The van der Waals surface area contributed by atoms with Crippen molar-refractivity contribution in [1.82, 2.24) is 0 Å². The largest absolute Gasteiger partial charge is 0.299 e. The second-order valence-electron chi connectivity index (χ2n) is 1.92. The van der Waals surface area contributed by atoms with Crippen LogP contribution < -0.4 is 0 Å². The number of hydrogen-bond donors (Lipinski definition) is 0. The fourth-order valence-corrected chi connectivity index (χ4v) is 0.348. The second kappa shape index (κ2) is 3.33. The van der Waals surface area contributed by atoms with Crippen LogP contribution in [0.25, 0.3) is 0 Å². The van der Waals surface area contributed by atoms with E-state index in [0.29, 0.717) is 5.57 Å². The average Bonchev–Trinajstić information content (AvgIpc) is 1.63. The molecule has 0 aromatic carbocycles. The van der Waals surface area contributed by atoms with Gasteiger partial charge >= 0.3 is 0 Å². The van der Waals surface area contributed by atoms with Gasteiger partial charge in [0, 0.05) is 0 Å². The van der Waals surface area contributed by atoms with Gasteiger partial charge in [-0.1, -0.05) is 5.57 Å². The molecule has 9 heavy (non-hydrogen) atoms. The average molecular weight is 134 g/mol. The summed E-state index contributed by atoms with van der Waals surface area (Å²) in [5.74, 6) is -1.12. The molecule has 52 valence electrons. The maximum atomic E-state index is 11.4. The highest BCUT2D eigenvalue weighted by Crippen LogP contribution is 1.98. The summed E-state index contributed by atoms with van der Waals surface area (Å²) < 4.78 is 22.8. The minimum atomic E-state index is -2.86. The zero-order chi connectivity index (χ0) is 7.44. The molecule has 0 heterocycles. The molecule has 1 nitrogen and oxygen atoms in total. The Balaban J connectivity index is 3.93. The van der Waals surface area contributed by atoms with Crippen LogP contribution in [0.4, 0.5) is 8.78 Å². The van der Waals surface area contributed by atoms with Gasteiger partial charge in [-0.2, -0.15) is 0 Å². The Bertz CT molecular complexity index is 134. The Morgan fingerprint density at radius 1 is 1.44 bits per heavy atom. The van der Waals surface area contributed by atoms with E-state index in [1.807, 2.05) is 0 Å². The van der Waals surface area contributed by atoms with E-state index in [1.165, 1.54) is 0 Å². The first-order chi connectivity index (χ1) is 4.04. The fraction of sp³-hybridized carbons (Fsp3) is 0.500. The third kappa shape index (κ3) is 3.82. The summed E-state index contributed by atoms with van der Waals surface area (Å²) in [6.07, 6.45) is -1.93. The molecular weight excluding hydrogens is 126 g/mol. The Morgan fingerprint density at radius 2 is 1.89 bits per heavy atom. The number of halogens is 2. The third-order valence-corrected chi connectivity index (χ3v) is 0.646. The van der Waals surface area contributed by atoms with Gasteiger partial charge < -0.3 is 0 Å². The summed E-state index contributed by atoms with van der Waals surface area (Å²) >= 11 is 0. The van der Waals surface area contributed by atoms with Gasteiger partial charge in [0.05, 0.1) is 0 Å². The fourth-order valence-electron chi connectivity index (χ4n) is 0.348. The molecule has 0 aromatic heterocycles. The summed E-state index contributed by atoms with van der Waals surface area (Å²) in [6.45, 7) is 3.20. The lowest BCUT2D eigenvalue weighted by Gasteiger charge is -1.90. The van der Waals surface area contributed by atoms with E-state index in [-0.39, 0.29) is 0 Å². The van der Waals surface area contributed by atoms with Crippen molar-refractivity contribution in [2.75, 3.05) is 0 Å². The van der Waals surface area contributed by atoms with E-state index in [9.17, 15) is 13.6 Å². The first-order valence-corrected chi connectivity index (χ1v) is 2.51. The number of ketones is 1. The van der Waals surface area contributed by atoms with Crippen molar-refractivity contribution < 1.29 is 13.6 Å². The number of rotatable bonds is 2. The van der Waals surface area contributed by atoms with E-state index in [0.717, 1.165) is 6.08 Å². The van der Waals surface area contributed by atoms with E-state index in [2.05, 4.69) is 0 Å². The summed E-state index contributed by atoms with van der Waals surface area (Å²) in [5.41, 5.74) is 0.598. The zero-order valence-corrected chi connectivity index (χ0v) is 5.32. The molecule has 0 bridgehead atoms. The molecule has 0 rings (SSSR count). The van der Waals surface area contributed by atoms with Gasteiger partial charge in [0.25, 0.3) is 6.43 Å². The standard InChI is InChI=1S/C6H8F2O/c1-4(2)3-5(9)6(7)8/h3,6H,1-2H3. The first kappa shape index (κ1) is 8.27. The molecule has 0 aliphatic heterocycles. The van der Waals surface area contributed by atoms with Gasteiger partial charge in [-0.25, -0.2) is 8.78 Å². The normalized spacial score (nSPS) is 9.44. The summed E-state index contributed by atoms with van der Waals surface area (Å²) in [7, 11) is 0. The van der Waals surface area contributed by atoms with Crippen LogP contribution in [0.1, 0.15) is 13.8 Å². The maximum Gasteiger partial charge on any atom is 0.299 e. The van der Waals surface area contributed by atoms with Crippen LogP contribution in [-0.4, -0.2) is 12.2 Å². The molecule has 0 amide bonds. The van der Waals surface area contributed by atoms with Crippen LogP contribution in [0.3, 0.4) is 0 Å². The number of hydrogen-bond acceptors (Lipinski definition) is 1. The Kier molecular flexibility index (Phi) is 3.06. The lowest BCUT2D eigenvalue weighted by molar-refractivity contribution is -0.124. The van der Waals surface area contributed by atoms with Crippen molar-refractivity contribution in [3.63, 3.8) is 0 Å². The van der Waals surface area contributed by atoms with Crippen molar-refractivity contribution >= 4 is 5.78 Å². The van der Waals surface area contributed by atoms with Gasteiger partial charge in [-0.15, -0.1) is 0 Å². The topological polar surface area (TPSA) is 17.1 Å². The number of alkyl halides is 2. The molecule has 0 radical (unpaired) electrons. The van der Waals surface area contributed by atoms with E-state index >= 15 is 0 Å².